The lowest BCUT2D eigenvalue weighted by Crippen LogP contribution is -2.33. The van der Waals surface area contributed by atoms with Gasteiger partial charge in [0.2, 0.25) is 0 Å². The number of nitrogens with zero attached hydrogens (tertiary/aromatic N) is 2. The number of methoxy groups -OCH3 is 1. The van der Waals surface area contributed by atoms with Crippen LogP contribution in [0.3, 0.4) is 0 Å². The lowest BCUT2D eigenvalue weighted by Gasteiger charge is -2.12. The number of Topliss-reactive ketones (excluding diaryl/α,β-unsaturated/α-hetero) is 1. The van der Waals surface area contributed by atoms with Crippen molar-refractivity contribution in [3.8, 4) is 11.5 Å². The molecule has 1 fully saturated rings. The molecular formula is C25H17ClN2O9S2. The third-order valence-electron chi connectivity index (χ3n) is 5.36. The topological polar surface area (TPSA) is 150 Å². The maximum atomic E-state index is 12.8. The van der Waals surface area contributed by atoms with Crippen LogP contribution in [0.1, 0.15) is 15.9 Å². The van der Waals surface area contributed by atoms with Crippen molar-refractivity contribution in [3.63, 3.8) is 0 Å². The van der Waals surface area contributed by atoms with Gasteiger partial charge in [0.15, 0.2) is 22.2 Å². The Labute approximate surface area is 231 Å². The number of carbonyl (C=O) groups is 3. The van der Waals surface area contributed by atoms with Gasteiger partial charge in [-0.1, -0.05) is 29.8 Å². The van der Waals surface area contributed by atoms with E-state index in [2.05, 4.69) is 0 Å². The van der Waals surface area contributed by atoms with Gasteiger partial charge in [0, 0.05) is 16.7 Å². The summed E-state index contributed by atoms with van der Waals surface area (Å²) in [7, 11) is -3.35. The Bertz CT molecular complexity index is 1640. The predicted molar refractivity (Wildman–Crippen MR) is 142 cm³/mol. The first kappa shape index (κ1) is 27.8. The van der Waals surface area contributed by atoms with Gasteiger partial charge in [0.05, 0.1) is 23.5 Å². The maximum Gasteiger partial charge on any atom is 0.346 e. The number of halogens is 1. The second-order valence-electron chi connectivity index (χ2n) is 7.87. The van der Waals surface area contributed by atoms with Crippen molar-refractivity contribution >= 4 is 62.2 Å². The zero-order valence-electron chi connectivity index (χ0n) is 19.9. The summed E-state index contributed by atoms with van der Waals surface area (Å²) < 4.78 is 35.9. The zero-order valence-corrected chi connectivity index (χ0v) is 22.3. The first-order chi connectivity index (χ1) is 18.5. The average molecular weight is 589 g/mol. The van der Waals surface area contributed by atoms with Crippen LogP contribution in [0.25, 0.3) is 6.08 Å². The second kappa shape index (κ2) is 11.3. The Morgan fingerprint density at radius 2 is 1.77 bits per heavy atom. The van der Waals surface area contributed by atoms with Crippen LogP contribution in [0, 0.1) is 10.1 Å². The number of para-hydroxylation sites is 1. The lowest BCUT2D eigenvalue weighted by atomic mass is 10.1. The summed E-state index contributed by atoms with van der Waals surface area (Å²) in [6.45, 7) is -0.455. The molecule has 3 aromatic carbocycles. The smallest absolute Gasteiger partial charge is 0.346 e. The third kappa shape index (κ3) is 6.11. The van der Waals surface area contributed by atoms with E-state index >= 15 is 0 Å². The van der Waals surface area contributed by atoms with Crippen molar-refractivity contribution in [1.82, 2.24) is 4.90 Å². The summed E-state index contributed by atoms with van der Waals surface area (Å²) in [6, 6.07) is 14.8. The molecular weight excluding hydrogens is 572 g/mol. The number of benzene rings is 3. The van der Waals surface area contributed by atoms with Gasteiger partial charge in [-0.3, -0.25) is 29.4 Å². The molecule has 1 aliphatic heterocycles. The molecule has 0 spiro atoms. The Hall–Kier alpha value is -4.20. The standard InChI is InChI=1S/C25H17ClN2O9S2/c1-36-21-12-15(6-11-20(21)37-39(34,35)23-5-3-2-4-18(23)28(32)33)13-22-24(30)27(25(31)38-22)14-19(29)16-7-9-17(26)10-8-16/h2-13H,14H2,1H3/b22-13-. The van der Waals surface area contributed by atoms with Crippen LogP contribution in [-0.4, -0.2) is 48.8 Å². The number of carbonyl (C=O) groups excluding carboxylic acids is 3. The largest absolute Gasteiger partial charge is 0.493 e. The summed E-state index contributed by atoms with van der Waals surface area (Å²) >= 11 is 6.46. The number of hydrogen-bond acceptors (Lipinski definition) is 10. The molecule has 0 atom stereocenters. The normalized spacial score (nSPS) is 14.5. The lowest BCUT2D eigenvalue weighted by molar-refractivity contribution is -0.387. The van der Waals surface area contributed by atoms with Crippen LogP contribution in [-0.2, 0) is 14.9 Å². The zero-order chi connectivity index (χ0) is 28.3. The summed E-state index contributed by atoms with van der Waals surface area (Å²) in [4.78, 5) is 48.4. The molecule has 1 heterocycles. The summed E-state index contributed by atoms with van der Waals surface area (Å²) in [6.07, 6.45) is 1.38. The van der Waals surface area contributed by atoms with Crippen molar-refractivity contribution in [3.05, 3.63) is 97.9 Å². The monoisotopic (exact) mass is 588 g/mol. The van der Waals surface area contributed by atoms with Gasteiger partial charge < -0.3 is 8.92 Å². The molecule has 0 unspecified atom stereocenters. The maximum absolute atomic E-state index is 12.8. The van der Waals surface area contributed by atoms with Gasteiger partial charge in [0.25, 0.3) is 16.8 Å². The second-order valence-corrected chi connectivity index (χ2v) is 10.8. The quantitative estimate of drug-likeness (QED) is 0.110. The van der Waals surface area contributed by atoms with Crippen molar-refractivity contribution in [2.45, 2.75) is 4.90 Å². The minimum absolute atomic E-state index is 0.0344. The van der Waals surface area contributed by atoms with E-state index in [4.69, 9.17) is 20.5 Å². The van der Waals surface area contributed by atoms with Crippen LogP contribution in [0.5, 0.6) is 11.5 Å². The van der Waals surface area contributed by atoms with E-state index in [1.807, 2.05) is 0 Å². The molecule has 2 amide bonds. The van der Waals surface area contributed by atoms with Crippen LogP contribution >= 0.6 is 23.4 Å². The number of hydrogen-bond donors (Lipinski definition) is 0. The van der Waals surface area contributed by atoms with E-state index in [0.717, 1.165) is 17.0 Å². The third-order valence-corrected chi connectivity index (χ3v) is 7.80. The van der Waals surface area contributed by atoms with Crippen LogP contribution in [0.15, 0.2) is 76.5 Å². The highest BCUT2D eigenvalue weighted by molar-refractivity contribution is 8.18. The number of ketones is 1. The minimum atomic E-state index is -4.60. The van der Waals surface area contributed by atoms with E-state index in [1.165, 1.54) is 67.8 Å². The van der Waals surface area contributed by atoms with E-state index in [9.17, 15) is 32.9 Å². The SMILES string of the molecule is COc1cc(/C=C2\SC(=O)N(CC(=O)c3ccc(Cl)cc3)C2=O)ccc1OS(=O)(=O)c1ccccc1[N+](=O)[O-]. The Morgan fingerprint density at radius 3 is 2.44 bits per heavy atom. The Morgan fingerprint density at radius 1 is 1.08 bits per heavy atom. The van der Waals surface area contributed by atoms with E-state index in [1.54, 1.807) is 0 Å². The summed E-state index contributed by atoms with van der Waals surface area (Å²) in [5.74, 6) is -1.43. The van der Waals surface area contributed by atoms with Gasteiger partial charge in [-0.05, 0) is 65.9 Å². The first-order valence-corrected chi connectivity index (χ1v) is 13.5. The number of imide groups is 1. The summed E-state index contributed by atoms with van der Waals surface area (Å²) in [5, 5.41) is 11.1. The number of nitro benzene ring substituents is 1. The number of rotatable bonds is 9. The molecule has 1 saturated heterocycles. The highest BCUT2D eigenvalue weighted by Gasteiger charge is 2.36. The minimum Gasteiger partial charge on any atom is -0.493 e. The molecule has 0 aliphatic carbocycles. The molecule has 0 bridgehead atoms. The molecule has 0 N–H and O–H groups in total. The van der Waals surface area contributed by atoms with Crippen molar-refractivity contribution in [2.75, 3.05) is 13.7 Å². The van der Waals surface area contributed by atoms with Crippen LogP contribution < -0.4 is 8.92 Å². The molecule has 0 saturated carbocycles. The molecule has 39 heavy (non-hydrogen) atoms. The van der Waals surface area contributed by atoms with Crippen LogP contribution in [0.2, 0.25) is 5.02 Å². The Balaban J connectivity index is 1.55. The fourth-order valence-corrected chi connectivity index (χ4v) is 5.56. The summed E-state index contributed by atoms with van der Waals surface area (Å²) in [5.41, 5.74) is -0.00582. The molecule has 11 nitrogen and oxygen atoms in total. The van der Waals surface area contributed by atoms with Crippen molar-refractivity contribution < 1.29 is 36.6 Å². The van der Waals surface area contributed by atoms with Gasteiger partial charge in [-0.2, -0.15) is 8.42 Å². The molecule has 4 rings (SSSR count). The molecule has 200 valence electrons. The Kier molecular flexibility index (Phi) is 8.04. The molecule has 0 aromatic heterocycles. The molecule has 3 aromatic rings. The van der Waals surface area contributed by atoms with Gasteiger partial charge in [-0.15, -0.1) is 0 Å². The van der Waals surface area contributed by atoms with E-state index in [-0.39, 0.29) is 16.4 Å². The number of nitro groups is 1. The number of ether oxygens (including phenoxy) is 1. The molecule has 1 aliphatic rings. The highest BCUT2D eigenvalue weighted by Crippen LogP contribution is 2.36. The fraction of sp³-hybridized carbons (Fsp3) is 0.0800. The fourth-order valence-electron chi connectivity index (χ4n) is 3.48. The predicted octanol–water partition coefficient (Wildman–Crippen LogP) is 4.94. The average Bonchev–Trinajstić information content (AvgIpc) is 3.16. The first-order valence-electron chi connectivity index (χ1n) is 10.9. The molecule has 14 heteroatoms. The van der Waals surface area contributed by atoms with Gasteiger partial charge >= 0.3 is 10.1 Å². The number of thioether (sulfide) groups is 1. The molecule has 0 radical (unpaired) electrons. The van der Waals surface area contributed by atoms with Crippen molar-refractivity contribution in [2.24, 2.45) is 0 Å². The highest BCUT2D eigenvalue weighted by atomic mass is 35.5. The van der Waals surface area contributed by atoms with Crippen LogP contribution in [0.4, 0.5) is 10.5 Å². The van der Waals surface area contributed by atoms with E-state index < -0.39 is 49.1 Å². The number of amides is 2. The van der Waals surface area contributed by atoms with Crippen molar-refractivity contribution in [1.29, 1.82) is 0 Å². The van der Waals surface area contributed by atoms with Gasteiger partial charge in [0.1, 0.15) is 0 Å². The van der Waals surface area contributed by atoms with E-state index in [0.29, 0.717) is 27.9 Å². The van der Waals surface area contributed by atoms with Gasteiger partial charge in [-0.25, -0.2) is 0 Å².